The second kappa shape index (κ2) is 10.9. The van der Waals surface area contributed by atoms with Gasteiger partial charge in [-0.2, -0.15) is 31.4 Å². The maximum atomic E-state index is 14.4. The van der Waals surface area contributed by atoms with E-state index in [9.17, 15) is 47.9 Å². The monoisotopic (exact) mass is 648 g/mol. The van der Waals surface area contributed by atoms with Crippen LogP contribution in [0.4, 0.5) is 39.5 Å². The van der Waals surface area contributed by atoms with Crippen molar-refractivity contribution in [2.24, 2.45) is 0 Å². The quantitative estimate of drug-likeness (QED) is 0.170. The number of nitrogens with one attached hydrogen (secondary N) is 1. The van der Waals surface area contributed by atoms with Crippen molar-refractivity contribution in [2.75, 3.05) is 0 Å². The van der Waals surface area contributed by atoms with E-state index in [1.807, 2.05) is 0 Å². The van der Waals surface area contributed by atoms with Crippen LogP contribution < -0.4 is 0 Å². The van der Waals surface area contributed by atoms with Gasteiger partial charge in [0.05, 0.1) is 17.7 Å². The maximum Gasteiger partial charge on any atom is 0.430 e. The second-order valence-corrected chi connectivity index (χ2v) is 12.5. The molecule has 0 spiro atoms. The molecule has 0 saturated heterocycles. The average molecular weight is 649 g/mol. The van der Waals surface area contributed by atoms with Crippen LogP contribution in [0.3, 0.4) is 0 Å². The fourth-order valence-corrected chi connectivity index (χ4v) is 7.60. The fourth-order valence-electron chi connectivity index (χ4n) is 5.49. The van der Waals surface area contributed by atoms with Crippen molar-refractivity contribution < 1.29 is 52.7 Å². The van der Waals surface area contributed by atoms with Crippen LogP contribution in [0.2, 0.25) is 0 Å². The van der Waals surface area contributed by atoms with Gasteiger partial charge in [-0.15, -0.1) is 0 Å². The zero-order chi connectivity index (χ0) is 32.1. The van der Waals surface area contributed by atoms with Crippen LogP contribution in [-0.4, -0.2) is 31.0 Å². The van der Waals surface area contributed by atoms with E-state index >= 15 is 0 Å². The number of rotatable bonds is 7. The molecule has 3 aromatic carbocycles. The van der Waals surface area contributed by atoms with Gasteiger partial charge in [-0.25, -0.2) is 21.6 Å². The fraction of sp³-hybridized carbons (Fsp3) is 0.276. The molecule has 1 unspecified atom stereocenters. The number of hydrogen-bond donors (Lipinski definition) is 1. The van der Waals surface area contributed by atoms with E-state index in [2.05, 4.69) is 14.9 Å². The van der Waals surface area contributed by atoms with Crippen LogP contribution in [0.25, 0.3) is 0 Å². The first-order valence-electron chi connectivity index (χ1n) is 12.9. The molecular formula is C29H21F9N2O3S. The molecule has 1 aromatic heterocycles. The first-order chi connectivity index (χ1) is 20.5. The molecule has 5 rings (SSSR count). The van der Waals surface area contributed by atoms with E-state index in [4.69, 9.17) is 0 Å². The van der Waals surface area contributed by atoms with Crippen LogP contribution in [0, 0.1) is 17.5 Å². The molecule has 5 nitrogen and oxygen atoms in total. The number of fused-ring (bicyclic) bond motifs is 1. The van der Waals surface area contributed by atoms with Gasteiger partial charge in [0.25, 0.3) is 5.60 Å². The summed E-state index contributed by atoms with van der Waals surface area (Å²) < 4.78 is 159. The van der Waals surface area contributed by atoms with Gasteiger partial charge in [-0.05, 0) is 66.8 Å². The Morgan fingerprint density at radius 1 is 0.841 bits per heavy atom. The van der Waals surface area contributed by atoms with Crippen molar-refractivity contribution in [3.8, 4) is 0 Å². The Morgan fingerprint density at radius 2 is 1.43 bits per heavy atom. The Kier molecular flexibility index (Phi) is 7.85. The number of alkyl halides is 6. The minimum atomic E-state index is -6.18. The highest BCUT2D eigenvalue weighted by Gasteiger charge is 2.73. The Hall–Kier alpha value is -3.85. The highest BCUT2D eigenvalue weighted by atomic mass is 32.2. The standard InChI is InChI=1S/C29H21F9N2O3S/c30-20-8-10-21(11-9-20)44(41,42)26(13-12-25-17(14-26)15-39-40-25)18-4-6-19(7-5-18)27(28(33,34)35,29(36,37)38)43-16-22-23(31)2-1-3-24(22)32/h1-11,15H,12-14,16H2,(H,39,40). The Balaban J connectivity index is 1.64. The van der Waals surface area contributed by atoms with Gasteiger partial charge in [0.1, 0.15) is 22.2 Å². The summed E-state index contributed by atoms with van der Waals surface area (Å²) in [4.78, 5) is -0.315. The third-order valence-electron chi connectivity index (χ3n) is 7.81. The van der Waals surface area contributed by atoms with Crippen LogP contribution in [-0.2, 0) is 44.4 Å². The average Bonchev–Trinajstić information content (AvgIpc) is 3.41. The molecule has 1 aliphatic carbocycles. The van der Waals surface area contributed by atoms with Gasteiger partial charge >= 0.3 is 12.4 Å². The van der Waals surface area contributed by atoms with Crippen LogP contribution in [0.5, 0.6) is 0 Å². The van der Waals surface area contributed by atoms with Gasteiger partial charge < -0.3 is 4.74 Å². The number of hydrogen-bond acceptors (Lipinski definition) is 4. The van der Waals surface area contributed by atoms with E-state index < -0.39 is 67.7 Å². The summed E-state index contributed by atoms with van der Waals surface area (Å²) >= 11 is 0. The number of aromatic nitrogens is 2. The van der Waals surface area contributed by atoms with Crippen molar-refractivity contribution in [3.63, 3.8) is 0 Å². The molecular weight excluding hydrogens is 627 g/mol. The molecule has 0 fully saturated rings. The first-order valence-corrected chi connectivity index (χ1v) is 14.3. The number of H-pyrrole nitrogens is 1. The van der Waals surface area contributed by atoms with Gasteiger partial charge in [0.2, 0.25) is 0 Å². The lowest BCUT2D eigenvalue weighted by molar-refractivity contribution is -0.392. The second-order valence-electron chi connectivity index (χ2n) is 10.2. The van der Waals surface area contributed by atoms with E-state index in [1.165, 1.54) is 6.20 Å². The summed E-state index contributed by atoms with van der Waals surface area (Å²) in [6, 6.07) is 8.52. The normalized spacial score (nSPS) is 17.8. The molecule has 1 N–H and O–H groups in total. The summed E-state index contributed by atoms with van der Waals surface area (Å²) in [7, 11) is -4.44. The highest BCUT2D eigenvalue weighted by Crippen LogP contribution is 2.54. The smallest absolute Gasteiger partial charge is 0.349 e. The number of halogens is 9. The molecule has 0 saturated carbocycles. The Bertz CT molecular complexity index is 1730. The zero-order valence-corrected chi connectivity index (χ0v) is 23.1. The SMILES string of the molecule is O=S(=O)(c1ccc(F)cc1)C1(c2ccc(C(OCc3c(F)cccc3F)(C(F)(F)F)C(F)(F)F)cc2)CCc2[nH]ncc2C1. The predicted octanol–water partition coefficient (Wildman–Crippen LogP) is 7.22. The summed E-state index contributed by atoms with van der Waals surface area (Å²) in [6.45, 7) is -1.73. The third-order valence-corrected chi connectivity index (χ3v) is 10.3. The molecule has 234 valence electrons. The number of aryl methyl sites for hydroxylation is 1. The van der Waals surface area contributed by atoms with Crippen molar-refractivity contribution >= 4 is 9.84 Å². The van der Waals surface area contributed by atoms with Crippen molar-refractivity contribution in [1.82, 2.24) is 10.2 Å². The number of sulfone groups is 1. The molecule has 4 aromatic rings. The number of ether oxygens (including phenoxy) is 1. The van der Waals surface area contributed by atoms with Gasteiger partial charge in [0, 0.05) is 16.8 Å². The predicted molar refractivity (Wildman–Crippen MR) is 137 cm³/mol. The Labute approximate surface area is 244 Å². The van der Waals surface area contributed by atoms with Gasteiger partial charge in [-0.3, -0.25) is 5.10 Å². The minimum absolute atomic E-state index is 0.115. The molecule has 1 heterocycles. The third kappa shape index (κ3) is 5.05. The summed E-state index contributed by atoms with van der Waals surface area (Å²) in [6.07, 6.45) is -11.3. The van der Waals surface area contributed by atoms with E-state index in [0.29, 0.717) is 35.5 Å². The lowest BCUT2D eigenvalue weighted by Gasteiger charge is -2.39. The Morgan fingerprint density at radius 3 is 2.00 bits per heavy atom. The summed E-state index contributed by atoms with van der Waals surface area (Å²) in [5.41, 5.74) is -6.76. The highest BCUT2D eigenvalue weighted by molar-refractivity contribution is 7.92. The molecule has 0 bridgehead atoms. The number of aromatic amines is 1. The lowest BCUT2D eigenvalue weighted by Crippen LogP contribution is -2.56. The van der Waals surface area contributed by atoms with E-state index in [1.54, 1.807) is 0 Å². The van der Waals surface area contributed by atoms with Crippen LogP contribution >= 0.6 is 0 Å². The van der Waals surface area contributed by atoms with Gasteiger partial charge in [-0.1, -0.05) is 30.3 Å². The molecule has 1 atom stereocenters. The van der Waals surface area contributed by atoms with Crippen molar-refractivity contribution in [3.05, 3.63) is 118 Å². The topological polar surface area (TPSA) is 72.1 Å². The molecule has 0 aliphatic heterocycles. The van der Waals surface area contributed by atoms with Crippen molar-refractivity contribution in [1.29, 1.82) is 0 Å². The minimum Gasteiger partial charge on any atom is -0.349 e. The maximum absolute atomic E-state index is 14.4. The summed E-state index contributed by atoms with van der Waals surface area (Å²) in [5.74, 6) is -3.56. The largest absolute Gasteiger partial charge is 0.430 e. The molecule has 0 amide bonds. The van der Waals surface area contributed by atoms with Gasteiger partial charge in [0.15, 0.2) is 9.84 Å². The zero-order valence-electron chi connectivity index (χ0n) is 22.2. The van der Waals surface area contributed by atoms with E-state index in [0.717, 1.165) is 42.5 Å². The lowest BCUT2D eigenvalue weighted by atomic mass is 9.81. The number of nitrogens with zero attached hydrogens (tertiary/aromatic N) is 1. The first kappa shape index (κ1) is 31.6. The molecule has 44 heavy (non-hydrogen) atoms. The van der Waals surface area contributed by atoms with E-state index in [-0.39, 0.29) is 29.7 Å². The summed E-state index contributed by atoms with van der Waals surface area (Å²) in [5, 5.41) is 6.63. The molecule has 15 heteroatoms. The molecule has 1 aliphatic rings. The molecule has 0 radical (unpaired) electrons. The van der Waals surface area contributed by atoms with Crippen molar-refractivity contribution in [2.45, 2.75) is 53.5 Å². The van der Waals surface area contributed by atoms with Crippen LogP contribution in [0.15, 0.2) is 77.8 Å². The van der Waals surface area contributed by atoms with Crippen LogP contribution in [0.1, 0.15) is 34.4 Å². The number of benzene rings is 3.